The van der Waals surface area contributed by atoms with Gasteiger partial charge in [0.15, 0.2) is 5.65 Å². The van der Waals surface area contributed by atoms with Crippen molar-refractivity contribution >= 4 is 44.1 Å². The number of rotatable bonds is 4. The molecule has 160 valence electrons. The Balaban J connectivity index is 1.54. The molecule has 0 spiro atoms. The molecule has 31 heavy (non-hydrogen) atoms. The number of hydrogen-bond donors (Lipinski definition) is 1. The van der Waals surface area contributed by atoms with Gasteiger partial charge in [-0.05, 0) is 53.7 Å². The average molecular weight is 481 g/mol. The van der Waals surface area contributed by atoms with Gasteiger partial charge in [0.25, 0.3) is 0 Å². The standard InChI is InChI=1S/C23H25BrN6O/c1-14(31-2)15-7-9-29(10-8-15)23-20(24)21(25)30-22(28-23)18(13-27-30)17-11-16-5-3-4-6-19(16)26-12-17/h3-6,11-15H,7-10,25H2,1-2H3. The van der Waals surface area contributed by atoms with Crippen molar-refractivity contribution in [1.82, 2.24) is 19.6 Å². The Morgan fingerprint density at radius 2 is 1.97 bits per heavy atom. The predicted octanol–water partition coefficient (Wildman–Crippen LogP) is 4.54. The van der Waals surface area contributed by atoms with Crippen molar-refractivity contribution in [2.45, 2.75) is 25.9 Å². The lowest BCUT2D eigenvalue weighted by molar-refractivity contribution is 0.0563. The van der Waals surface area contributed by atoms with E-state index < -0.39 is 0 Å². The topological polar surface area (TPSA) is 81.6 Å². The van der Waals surface area contributed by atoms with Crippen molar-refractivity contribution in [2.24, 2.45) is 5.92 Å². The zero-order valence-corrected chi connectivity index (χ0v) is 19.2. The maximum atomic E-state index is 6.46. The van der Waals surface area contributed by atoms with Crippen molar-refractivity contribution in [3.8, 4) is 11.1 Å². The average Bonchev–Trinajstić information content (AvgIpc) is 3.25. The molecule has 4 aromatic rings. The van der Waals surface area contributed by atoms with E-state index in [2.05, 4.69) is 50.0 Å². The van der Waals surface area contributed by atoms with Crippen LogP contribution in [0.1, 0.15) is 19.8 Å². The van der Waals surface area contributed by atoms with Crippen LogP contribution in [0.4, 0.5) is 11.6 Å². The first kappa shape index (κ1) is 20.2. The Kier molecular flexibility index (Phi) is 5.27. The molecule has 1 atom stereocenters. The van der Waals surface area contributed by atoms with Crippen LogP contribution < -0.4 is 10.6 Å². The fourth-order valence-electron chi connectivity index (χ4n) is 4.39. The summed E-state index contributed by atoms with van der Waals surface area (Å²) in [6.45, 7) is 3.98. The number of fused-ring (bicyclic) bond motifs is 2. The summed E-state index contributed by atoms with van der Waals surface area (Å²) in [7, 11) is 1.78. The fraction of sp³-hybridized carbons (Fsp3) is 0.348. The lowest BCUT2D eigenvalue weighted by Gasteiger charge is -2.35. The molecule has 2 N–H and O–H groups in total. The number of nitrogens with zero attached hydrogens (tertiary/aromatic N) is 5. The van der Waals surface area contributed by atoms with Crippen LogP contribution in [0.5, 0.6) is 0 Å². The van der Waals surface area contributed by atoms with Crippen LogP contribution >= 0.6 is 15.9 Å². The van der Waals surface area contributed by atoms with E-state index in [9.17, 15) is 0 Å². The summed E-state index contributed by atoms with van der Waals surface area (Å²) in [6.07, 6.45) is 6.08. The first-order valence-electron chi connectivity index (χ1n) is 10.5. The molecule has 0 bridgehead atoms. The molecule has 1 aliphatic rings. The van der Waals surface area contributed by atoms with Crippen molar-refractivity contribution in [3.63, 3.8) is 0 Å². The third-order valence-electron chi connectivity index (χ3n) is 6.38. The van der Waals surface area contributed by atoms with Gasteiger partial charge in [-0.2, -0.15) is 9.61 Å². The van der Waals surface area contributed by atoms with E-state index in [0.29, 0.717) is 11.7 Å². The summed E-state index contributed by atoms with van der Waals surface area (Å²) >= 11 is 3.67. The summed E-state index contributed by atoms with van der Waals surface area (Å²) in [5, 5.41) is 5.59. The number of ether oxygens (including phenoxy) is 1. The highest BCUT2D eigenvalue weighted by molar-refractivity contribution is 9.10. The normalized spacial score (nSPS) is 16.3. The number of nitrogen functional groups attached to an aromatic ring is 1. The van der Waals surface area contributed by atoms with E-state index in [1.807, 2.05) is 30.6 Å². The summed E-state index contributed by atoms with van der Waals surface area (Å²) in [5.74, 6) is 1.98. The van der Waals surface area contributed by atoms with Crippen LogP contribution in [0.3, 0.4) is 0 Å². The lowest BCUT2D eigenvalue weighted by Crippen LogP contribution is -2.38. The molecule has 1 unspecified atom stereocenters. The van der Waals surface area contributed by atoms with Gasteiger partial charge in [-0.1, -0.05) is 18.2 Å². The maximum Gasteiger partial charge on any atom is 0.167 e. The highest BCUT2D eigenvalue weighted by Gasteiger charge is 2.27. The fourth-order valence-corrected chi connectivity index (χ4v) is 4.89. The Bertz CT molecular complexity index is 1250. The van der Waals surface area contributed by atoms with E-state index in [0.717, 1.165) is 63.9 Å². The smallest absolute Gasteiger partial charge is 0.167 e. The number of anilines is 2. The molecule has 4 heterocycles. The zero-order chi connectivity index (χ0) is 21.5. The summed E-state index contributed by atoms with van der Waals surface area (Å²) in [5.41, 5.74) is 10.0. The first-order chi connectivity index (χ1) is 15.1. The molecule has 0 saturated carbocycles. The van der Waals surface area contributed by atoms with Gasteiger partial charge in [0.05, 0.1) is 17.8 Å². The summed E-state index contributed by atoms with van der Waals surface area (Å²) < 4.78 is 8.01. The molecule has 1 aromatic carbocycles. The highest BCUT2D eigenvalue weighted by Crippen LogP contribution is 2.36. The number of pyridine rings is 1. The molecule has 0 amide bonds. The number of benzene rings is 1. The second-order valence-electron chi connectivity index (χ2n) is 8.11. The number of methoxy groups -OCH3 is 1. The van der Waals surface area contributed by atoms with Gasteiger partial charge in [-0.15, -0.1) is 0 Å². The number of nitrogens with two attached hydrogens (primary N) is 1. The summed E-state index contributed by atoms with van der Waals surface area (Å²) in [4.78, 5) is 11.9. The summed E-state index contributed by atoms with van der Waals surface area (Å²) in [6, 6.07) is 10.2. The molecular formula is C23H25BrN6O. The number of aromatic nitrogens is 4. The van der Waals surface area contributed by atoms with Gasteiger partial charge < -0.3 is 15.4 Å². The Morgan fingerprint density at radius 1 is 1.19 bits per heavy atom. The predicted molar refractivity (Wildman–Crippen MR) is 127 cm³/mol. The number of para-hydroxylation sites is 1. The van der Waals surface area contributed by atoms with Gasteiger partial charge in [0, 0.05) is 42.9 Å². The molecule has 7 nitrogen and oxygen atoms in total. The van der Waals surface area contributed by atoms with Gasteiger partial charge in [0.2, 0.25) is 0 Å². The second-order valence-corrected chi connectivity index (χ2v) is 8.90. The quantitative estimate of drug-likeness (QED) is 0.461. The molecule has 3 aromatic heterocycles. The molecular weight excluding hydrogens is 456 g/mol. The van der Waals surface area contributed by atoms with Crippen LogP contribution in [-0.4, -0.2) is 45.9 Å². The van der Waals surface area contributed by atoms with Crippen LogP contribution in [0.15, 0.2) is 47.2 Å². The molecule has 5 rings (SSSR count). The van der Waals surface area contributed by atoms with E-state index in [4.69, 9.17) is 15.5 Å². The van der Waals surface area contributed by atoms with Gasteiger partial charge >= 0.3 is 0 Å². The second kappa shape index (κ2) is 8.09. The third-order valence-corrected chi connectivity index (χ3v) is 7.14. The maximum absolute atomic E-state index is 6.46. The van der Waals surface area contributed by atoms with E-state index in [1.165, 1.54) is 0 Å². The van der Waals surface area contributed by atoms with Crippen LogP contribution in [0.25, 0.3) is 27.7 Å². The Morgan fingerprint density at radius 3 is 2.74 bits per heavy atom. The van der Waals surface area contributed by atoms with Crippen molar-refractivity contribution in [2.75, 3.05) is 30.8 Å². The van der Waals surface area contributed by atoms with Crippen molar-refractivity contribution < 1.29 is 4.74 Å². The van der Waals surface area contributed by atoms with Crippen molar-refractivity contribution in [1.29, 1.82) is 0 Å². The van der Waals surface area contributed by atoms with Crippen molar-refractivity contribution in [3.05, 3.63) is 47.2 Å². The molecule has 0 aliphatic carbocycles. The van der Waals surface area contributed by atoms with E-state index >= 15 is 0 Å². The zero-order valence-electron chi connectivity index (χ0n) is 17.6. The van der Waals surface area contributed by atoms with E-state index in [-0.39, 0.29) is 6.10 Å². The SMILES string of the molecule is COC(C)C1CCN(c2nc3c(-c4cnc5ccccc5c4)cnn3c(N)c2Br)CC1. The molecule has 8 heteroatoms. The van der Waals surface area contributed by atoms with Crippen LogP contribution in [0, 0.1) is 5.92 Å². The number of piperidine rings is 1. The number of halogens is 1. The molecule has 1 fully saturated rings. The Hall–Kier alpha value is -2.71. The number of hydrogen-bond acceptors (Lipinski definition) is 6. The lowest BCUT2D eigenvalue weighted by atomic mass is 9.92. The minimum absolute atomic E-state index is 0.271. The Labute approximate surface area is 189 Å². The van der Waals surface area contributed by atoms with Crippen LogP contribution in [0.2, 0.25) is 0 Å². The van der Waals surface area contributed by atoms with E-state index in [1.54, 1.807) is 11.6 Å². The third kappa shape index (κ3) is 3.53. The van der Waals surface area contributed by atoms with Gasteiger partial charge in [-0.25, -0.2) is 4.98 Å². The largest absolute Gasteiger partial charge is 0.383 e. The highest BCUT2D eigenvalue weighted by atomic mass is 79.9. The monoisotopic (exact) mass is 480 g/mol. The molecule has 0 radical (unpaired) electrons. The van der Waals surface area contributed by atoms with Crippen LogP contribution in [-0.2, 0) is 4.74 Å². The first-order valence-corrected chi connectivity index (χ1v) is 11.3. The van der Waals surface area contributed by atoms with Gasteiger partial charge in [-0.3, -0.25) is 4.98 Å². The minimum Gasteiger partial charge on any atom is -0.383 e. The minimum atomic E-state index is 0.271. The molecule has 1 saturated heterocycles. The van der Waals surface area contributed by atoms with Gasteiger partial charge in [0.1, 0.15) is 16.1 Å². The molecule has 1 aliphatic heterocycles.